The summed E-state index contributed by atoms with van der Waals surface area (Å²) in [6.07, 6.45) is 2.54. The summed E-state index contributed by atoms with van der Waals surface area (Å²) in [7, 11) is -0.790. The fourth-order valence-electron chi connectivity index (χ4n) is 1.35. The van der Waals surface area contributed by atoms with Gasteiger partial charge in [0.1, 0.15) is 6.07 Å². The molecule has 0 aliphatic rings. The van der Waals surface area contributed by atoms with Crippen LogP contribution in [0.25, 0.3) is 0 Å². The topological polar surface area (TPSA) is 78.9 Å². The van der Waals surface area contributed by atoms with Gasteiger partial charge in [0.2, 0.25) is 0 Å². The molecule has 0 aliphatic heterocycles. The average molecular weight is 251 g/mol. The van der Waals surface area contributed by atoms with Crippen molar-refractivity contribution in [3.63, 3.8) is 0 Å². The highest BCUT2D eigenvalue weighted by molar-refractivity contribution is 7.84. The SMILES string of the molecule is CC(CCNc1ccc(N)c(C#N)c1)S(C)=O. The molecule has 0 amide bonds. The zero-order valence-corrected chi connectivity index (χ0v) is 10.9. The van der Waals surface area contributed by atoms with Gasteiger partial charge in [0.15, 0.2) is 0 Å². The number of nitrogen functional groups attached to an aromatic ring is 1. The van der Waals surface area contributed by atoms with E-state index in [1.165, 1.54) is 0 Å². The molecule has 1 rings (SSSR count). The first kappa shape index (κ1) is 13.5. The lowest BCUT2D eigenvalue weighted by molar-refractivity contribution is 0.672. The van der Waals surface area contributed by atoms with Crippen molar-refractivity contribution in [2.24, 2.45) is 0 Å². The summed E-state index contributed by atoms with van der Waals surface area (Å²) >= 11 is 0. The van der Waals surface area contributed by atoms with E-state index >= 15 is 0 Å². The van der Waals surface area contributed by atoms with Crippen molar-refractivity contribution < 1.29 is 4.21 Å². The monoisotopic (exact) mass is 251 g/mol. The van der Waals surface area contributed by atoms with Crippen LogP contribution in [0.2, 0.25) is 0 Å². The lowest BCUT2D eigenvalue weighted by Gasteiger charge is -2.10. The van der Waals surface area contributed by atoms with Crippen LogP contribution in [0.3, 0.4) is 0 Å². The number of nitrogens with zero attached hydrogens (tertiary/aromatic N) is 1. The summed E-state index contributed by atoms with van der Waals surface area (Å²) in [5.41, 5.74) is 7.45. The summed E-state index contributed by atoms with van der Waals surface area (Å²) in [4.78, 5) is 0. The van der Waals surface area contributed by atoms with Gasteiger partial charge in [0.25, 0.3) is 0 Å². The van der Waals surface area contributed by atoms with E-state index in [0.29, 0.717) is 11.3 Å². The second kappa shape index (κ2) is 6.26. The molecule has 1 aromatic carbocycles. The van der Waals surface area contributed by atoms with Gasteiger partial charge in [-0.15, -0.1) is 0 Å². The molecule has 92 valence electrons. The van der Waals surface area contributed by atoms with Crippen molar-refractivity contribution in [2.75, 3.05) is 23.9 Å². The van der Waals surface area contributed by atoms with E-state index in [2.05, 4.69) is 5.32 Å². The normalized spacial score (nSPS) is 13.7. The number of nitrogens with two attached hydrogens (primary N) is 1. The van der Waals surface area contributed by atoms with Crippen LogP contribution in [0, 0.1) is 11.3 Å². The van der Waals surface area contributed by atoms with Crippen molar-refractivity contribution in [1.29, 1.82) is 5.26 Å². The highest BCUT2D eigenvalue weighted by Crippen LogP contribution is 2.16. The molecule has 1 aromatic rings. The molecule has 0 aliphatic carbocycles. The zero-order chi connectivity index (χ0) is 12.8. The highest BCUT2D eigenvalue weighted by Gasteiger charge is 2.05. The molecule has 0 spiro atoms. The Morgan fingerprint density at radius 2 is 2.29 bits per heavy atom. The minimum absolute atomic E-state index is 0.173. The van der Waals surface area contributed by atoms with Crippen LogP contribution in [-0.4, -0.2) is 22.3 Å². The van der Waals surface area contributed by atoms with Crippen LogP contribution in [0.5, 0.6) is 0 Å². The van der Waals surface area contributed by atoms with E-state index in [4.69, 9.17) is 11.0 Å². The predicted molar refractivity (Wildman–Crippen MR) is 72.2 cm³/mol. The Hall–Kier alpha value is -1.54. The summed E-state index contributed by atoms with van der Waals surface area (Å²) < 4.78 is 11.2. The van der Waals surface area contributed by atoms with E-state index < -0.39 is 10.8 Å². The summed E-state index contributed by atoms with van der Waals surface area (Å²) in [6, 6.07) is 7.31. The maximum atomic E-state index is 11.2. The highest BCUT2D eigenvalue weighted by atomic mass is 32.2. The Balaban J connectivity index is 2.53. The number of nitrogens with one attached hydrogen (secondary N) is 1. The number of hydrogen-bond donors (Lipinski definition) is 2. The molecular formula is C12H17N3OS. The molecule has 0 heterocycles. The minimum atomic E-state index is -0.790. The van der Waals surface area contributed by atoms with Gasteiger partial charge in [-0.1, -0.05) is 6.92 Å². The maximum Gasteiger partial charge on any atom is 0.101 e. The van der Waals surface area contributed by atoms with Crippen LogP contribution in [0.4, 0.5) is 11.4 Å². The molecular weight excluding hydrogens is 234 g/mol. The molecule has 0 radical (unpaired) electrons. The van der Waals surface area contributed by atoms with Gasteiger partial charge in [-0.2, -0.15) is 5.26 Å². The van der Waals surface area contributed by atoms with Crippen LogP contribution in [-0.2, 0) is 10.8 Å². The fourth-order valence-corrected chi connectivity index (χ4v) is 1.80. The first-order chi connectivity index (χ1) is 8.04. The Bertz CT molecular complexity index is 454. The lowest BCUT2D eigenvalue weighted by Crippen LogP contribution is -2.14. The van der Waals surface area contributed by atoms with Crippen LogP contribution >= 0.6 is 0 Å². The van der Waals surface area contributed by atoms with E-state index in [-0.39, 0.29) is 5.25 Å². The van der Waals surface area contributed by atoms with E-state index in [9.17, 15) is 4.21 Å². The largest absolute Gasteiger partial charge is 0.398 e. The second-order valence-electron chi connectivity index (χ2n) is 3.94. The second-order valence-corrected chi connectivity index (χ2v) is 5.74. The van der Waals surface area contributed by atoms with Crippen molar-refractivity contribution in [1.82, 2.24) is 0 Å². The van der Waals surface area contributed by atoms with Crippen molar-refractivity contribution in [3.8, 4) is 6.07 Å². The molecule has 17 heavy (non-hydrogen) atoms. The van der Waals surface area contributed by atoms with Crippen molar-refractivity contribution in [2.45, 2.75) is 18.6 Å². The fraction of sp³-hybridized carbons (Fsp3) is 0.417. The molecule has 0 fully saturated rings. The van der Waals surface area contributed by atoms with Crippen LogP contribution in [0.15, 0.2) is 18.2 Å². The molecule has 0 bridgehead atoms. The number of benzene rings is 1. The van der Waals surface area contributed by atoms with E-state index in [0.717, 1.165) is 18.7 Å². The minimum Gasteiger partial charge on any atom is -0.398 e. The van der Waals surface area contributed by atoms with Gasteiger partial charge in [-0.05, 0) is 24.6 Å². The number of rotatable bonds is 5. The Morgan fingerprint density at radius 1 is 1.59 bits per heavy atom. The molecule has 5 heteroatoms. The molecule has 2 unspecified atom stereocenters. The van der Waals surface area contributed by atoms with Gasteiger partial charge in [-0.3, -0.25) is 4.21 Å². The van der Waals surface area contributed by atoms with Crippen LogP contribution < -0.4 is 11.1 Å². The molecule has 0 saturated heterocycles. The third-order valence-electron chi connectivity index (χ3n) is 2.62. The van der Waals surface area contributed by atoms with Gasteiger partial charge >= 0.3 is 0 Å². The third kappa shape index (κ3) is 4.08. The van der Waals surface area contributed by atoms with Gasteiger partial charge < -0.3 is 11.1 Å². The van der Waals surface area contributed by atoms with E-state index in [1.54, 1.807) is 18.4 Å². The van der Waals surface area contributed by atoms with Gasteiger partial charge in [0.05, 0.1) is 5.56 Å². The molecule has 0 aromatic heterocycles. The number of anilines is 2. The zero-order valence-electron chi connectivity index (χ0n) is 10.1. The number of nitriles is 1. The standard InChI is InChI=1S/C12H17N3OS/c1-9(17(2)16)5-6-15-11-3-4-12(14)10(7-11)8-13/h3-4,7,9,15H,5-6,14H2,1-2H3. The molecule has 3 N–H and O–H groups in total. The predicted octanol–water partition coefficient (Wildman–Crippen LogP) is 1.71. The Labute approximate surface area is 104 Å². The van der Waals surface area contributed by atoms with Crippen molar-refractivity contribution in [3.05, 3.63) is 23.8 Å². The number of hydrogen-bond acceptors (Lipinski definition) is 4. The molecule has 0 saturated carbocycles. The maximum absolute atomic E-state index is 11.2. The summed E-state index contributed by atoms with van der Waals surface area (Å²) in [6.45, 7) is 2.69. The summed E-state index contributed by atoms with van der Waals surface area (Å²) in [5.74, 6) is 0. The molecule has 4 nitrogen and oxygen atoms in total. The lowest BCUT2D eigenvalue weighted by atomic mass is 10.2. The van der Waals surface area contributed by atoms with Gasteiger partial charge in [-0.25, -0.2) is 0 Å². The Morgan fingerprint density at radius 3 is 2.88 bits per heavy atom. The average Bonchev–Trinajstić information content (AvgIpc) is 2.31. The first-order valence-corrected chi connectivity index (χ1v) is 7.02. The smallest absolute Gasteiger partial charge is 0.101 e. The molecule has 2 atom stereocenters. The van der Waals surface area contributed by atoms with Crippen LogP contribution in [0.1, 0.15) is 18.9 Å². The van der Waals surface area contributed by atoms with E-state index in [1.807, 2.05) is 19.1 Å². The summed E-state index contributed by atoms with van der Waals surface area (Å²) in [5, 5.41) is 12.2. The quantitative estimate of drug-likeness (QED) is 0.781. The van der Waals surface area contributed by atoms with Gasteiger partial charge in [0, 0.05) is 40.2 Å². The Kier molecular flexibility index (Phi) is 4.98. The first-order valence-electron chi connectivity index (χ1n) is 5.40. The van der Waals surface area contributed by atoms with Crippen molar-refractivity contribution >= 4 is 22.2 Å². The third-order valence-corrected chi connectivity index (χ3v) is 3.99.